The highest BCUT2D eigenvalue weighted by atomic mass is 15.2. The molecule has 0 aliphatic heterocycles. The van der Waals surface area contributed by atoms with Crippen molar-refractivity contribution in [3.63, 3.8) is 0 Å². The highest BCUT2D eigenvalue weighted by molar-refractivity contribution is 4.90. The molecular formula is C13H27N5. The normalized spacial score (nSPS) is 11.7. The average molecular weight is 253 g/mol. The number of hydrogen-bond donors (Lipinski definition) is 1. The Labute approximate surface area is 111 Å². The average Bonchev–Trinajstić information content (AvgIpc) is 2.69. The van der Waals surface area contributed by atoms with Crippen LogP contribution in [-0.2, 0) is 13.6 Å². The predicted octanol–water partition coefficient (Wildman–Crippen LogP) is 0.393. The van der Waals surface area contributed by atoms with Crippen molar-refractivity contribution in [2.24, 2.45) is 7.05 Å². The van der Waals surface area contributed by atoms with Gasteiger partial charge >= 0.3 is 0 Å². The molecule has 0 unspecified atom stereocenters. The summed E-state index contributed by atoms with van der Waals surface area (Å²) < 4.78 is 2.07. The van der Waals surface area contributed by atoms with Crippen LogP contribution in [0.4, 0.5) is 0 Å². The van der Waals surface area contributed by atoms with Crippen LogP contribution >= 0.6 is 0 Å². The van der Waals surface area contributed by atoms with E-state index in [1.807, 2.05) is 19.4 Å². The van der Waals surface area contributed by atoms with E-state index in [1.54, 1.807) is 0 Å². The Morgan fingerprint density at radius 3 is 2.61 bits per heavy atom. The molecule has 0 saturated carbocycles. The van der Waals surface area contributed by atoms with Gasteiger partial charge in [0, 0.05) is 32.5 Å². The zero-order chi connectivity index (χ0) is 13.4. The summed E-state index contributed by atoms with van der Waals surface area (Å²) in [7, 11) is 8.40. The fraction of sp³-hybridized carbons (Fsp3) is 0.769. The lowest BCUT2D eigenvalue weighted by atomic mass is 10.4. The first kappa shape index (κ1) is 15.1. The second kappa shape index (κ2) is 8.24. The Balaban J connectivity index is 2.04. The minimum absolute atomic E-state index is 0.906. The van der Waals surface area contributed by atoms with Crippen LogP contribution < -0.4 is 5.32 Å². The number of rotatable bonds is 9. The lowest BCUT2D eigenvalue weighted by Crippen LogP contribution is -2.31. The van der Waals surface area contributed by atoms with Gasteiger partial charge in [-0.3, -0.25) is 4.90 Å². The van der Waals surface area contributed by atoms with Gasteiger partial charge in [-0.15, -0.1) is 0 Å². The zero-order valence-electron chi connectivity index (χ0n) is 12.2. The van der Waals surface area contributed by atoms with Crippen molar-refractivity contribution in [3.8, 4) is 0 Å². The first-order valence-electron chi connectivity index (χ1n) is 6.60. The van der Waals surface area contributed by atoms with Gasteiger partial charge in [-0.25, -0.2) is 4.98 Å². The van der Waals surface area contributed by atoms with E-state index in [0.717, 1.165) is 38.5 Å². The van der Waals surface area contributed by atoms with Gasteiger partial charge in [-0.1, -0.05) is 0 Å². The zero-order valence-corrected chi connectivity index (χ0v) is 12.2. The Bertz CT molecular complexity index is 321. The largest absolute Gasteiger partial charge is 0.337 e. The molecule has 1 N–H and O–H groups in total. The lowest BCUT2D eigenvalue weighted by Gasteiger charge is -2.17. The fourth-order valence-corrected chi connectivity index (χ4v) is 1.78. The van der Waals surface area contributed by atoms with E-state index in [-0.39, 0.29) is 0 Å². The maximum Gasteiger partial charge on any atom is 0.122 e. The van der Waals surface area contributed by atoms with E-state index < -0.39 is 0 Å². The quantitative estimate of drug-likeness (QED) is 0.646. The summed E-state index contributed by atoms with van der Waals surface area (Å²) >= 11 is 0. The summed E-state index contributed by atoms with van der Waals surface area (Å²) in [6.45, 7) is 5.23. The number of nitrogens with one attached hydrogen (secondary N) is 1. The van der Waals surface area contributed by atoms with Gasteiger partial charge in [-0.2, -0.15) is 0 Å². The van der Waals surface area contributed by atoms with Gasteiger partial charge in [0.1, 0.15) is 5.82 Å². The molecule has 0 aliphatic carbocycles. The first-order chi connectivity index (χ1) is 8.59. The van der Waals surface area contributed by atoms with Crippen LogP contribution in [0, 0.1) is 0 Å². The second-order valence-electron chi connectivity index (χ2n) is 5.10. The lowest BCUT2D eigenvalue weighted by molar-refractivity contribution is 0.311. The van der Waals surface area contributed by atoms with Gasteiger partial charge in [-0.05, 0) is 40.7 Å². The molecule has 1 rings (SSSR count). The summed E-state index contributed by atoms with van der Waals surface area (Å²) in [5.41, 5.74) is 0. The molecule has 104 valence electrons. The van der Waals surface area contributed by atoms with Gasteiger partial charge < -0.3 is 14.8 Å². The van der Waals surface area contributed by atoms with E-state index in [1.165, 1.54) is 6.42 Å². The number of likely N-dealkylation sites (N-methyl/N-ethyl adjacent to an activating group) is 1. The third kappa shape index (κ3) is 6.14. The Morgan fingerprint density at radius 1 is 1.22 bits per heavy atom. The van der Waals surface area contributed by atoms with E-state index in [4.69, 9.17) is 0 Å². The van der Waals surface area contributed by atoms with Crippen molar-refractivity contribution in [2.45, 2.75) is 13.0 Å². The maximum atomic E-state index is 4.33. The number of hydrogen-bond acceptors (Lipinski definition) is 4. The topological polar surface area (TPSA) is 36.3 Å². The summed E-state index contributed by atoms with van der Waals surface area (Å²) in [6, 6.07) is 0. The van der Waals surface area contributed by atoms with Crippen LogP contribution in [0.3, 0.4) is 0 Å². The molecule has 0 bridgehead atoms. The molecule has 0 fully saturated rings. The molecule has 0 spiro atoms. The van der Waals surface area contributed by atoms with Gasteiger partial charge in [0.05, 0.1) is 6.54 Å². The Morgan fingerprint density at radius 2 is 2.00 bits per heavy atom. The van der Waals surface area contributed by atoms with Crippen LogP contribution in [0.15, 0.2) is 12.4 Å². The van der Waals surface area contributed by atoms with Crippen LogP contribution in [-0.4, -0.2) is 66.7 Å². The van der Waals surface area contributed by atoms with Crippen molar-refractivity contribution in [1.82, 2.24) is 24.7 Å². The number of aryl methyl sites for hydroxylation is 1. The van der Waals surface area contributed by atoms with Crippen molar-refractivity contribution in [1.29, 1.82) is 0 Å². The van der Waals surface area contributed by atoms with Crippen molar-refractivity contribution in [2.75, 3.05) is 47.3 Å². The SMILES string of the molecule is CN(C)CCCNCCN(C)Cc1nccn1C. The molecule has 0 aromatic carbocycles. The third-order valence-electron chi connectivity index (χ3n) is 2.96. The van der Waals surface area contributed by atoms with Crippen LogP contribution in [0.25, 0.3) is 0 Å². The van der Waals surface area contributed by atoms with Gasteiger partial charge in [0.25, 0.3) is 0 Å². The van der Waals surface area contributed by atoms with Gasteiger partial charge in [0.15, 0.2) is 0 Å². The van der Waals surface area contributed by atoms with Gasteiger partial charge in [0.2, 0.25) is 0 Å². The first-order valence-corrected chi connectivity index (χ1v) is 6.60. The van der Waals surface area contributed by atoms with E-state index >= 15 is 0 Å². The molecule has 18 heavy (non-hydrogen) atoms. The molecule has 0 saturated heterocycles. The molecule has 1 heterocycles. The maximum absolute atomic E-state index is 4.33. The Kier molecular flexibility index (Phi) is 6.93. The molecule has 0 aliphatic rings. The number of nitrogens with zero attached hydrogens (tertiary/aromatic N) is 4. The summed E-state index contributed by atoms with van der Waals surface area (Å²) in [5.74, 6) is 1.12. The van der Waals surface area contributed by atoms with Crippen molar-refractivity contribution >= 4 is 0 Å². The third-order valence-corrected chi connectivity index (χ3v) is 2.96. The smallest absolute Gasteiger partial charge is 0.122 e. The highest BCUT2D eigenvalue weighted by Crippen LogP contribution is 1.98. The molecule has 5 nitrogen and oxygen atoms in total. The summed E-state index contributed by atoms with van der Waals surface area (Å²) in [6.07, 6.45) is 5.04. The van der Waals surface area contributed by atoms with Crippen LogP contribution in [0.1, 0.15) is 12.2 Å². The minimum atomic E-state index is 0.906. The Hall–Kier alpha value is -0.910. The standard InChI is InChI=1S/C13H27N5/c1-16(2)9-5-6-14-7-10-17(3)12-13-15-8-11-18(13)4/h8,11,14H,5-7,9-10,12H2,1-4H3. The summed E-state index contributed by atoms with van der Waals surface area (Å²) in [4.78, 5) is 8.84. The van der Waals surface area contributed by atoms with E-state index in [2.05, 4.69) is 45.8 Å². The minimum Gasteiger partial charge on any atom is -0.337 e. The number of imidazole rings is 1. The fourth-order valence-electron chi connectivity index (χ4n) is 1.78. The number of aromatic nitrogens is 2. The highest BCUT2D eigenvalue weighted by Gasteiger charge is 2.03. The molecule has 1 aromatic rings. The molecular weight excluding hydrogens is 226 g/mol. The molecule has 5 heteroatoms. The second-order valence-corrected chi connectivity index (χ2v) is 5.10. The molecule has 0 atom stereocenters. The summed E-state index contributed by atoms with van der Waals surface area (Å²) in [5, 5.41) is 3.47. The van der Waals surface area contributed by atoms with Crippen LogP contribution in [0.5, 0.6) is 0 Å². The van der Waals surface area contributed by atoms with Crippen molar-refractivity contribution in [3.05, 3.63) is 18.2 Å². The molecule has 0 amide bonds. The monoisotopic (exact) mass is 253 g/mol. The molecule has 0 radical (unpaired) electrons. The van der Waals surface area contributed by atoms with E-state index in [9.17, 15) is 0 Å². The molecule has 1 aromatic heterocycles. The van der Waals surface area contributed by atoms with Crippen LogP contribution in [0.2, 0.25) is 0 Å². The van der Waals surface area contributed by atoms with E-state index in [0.29, 0.717) is 0 Å². The van der Waals surface area contributed by atoms with Crippen molar-refractivity contribution < 1.29 is 0 Å². The predicted molar refractivity (Wildman–Crippen MR) is 75.6 cm³/mol.